The van der Waals surface area contributed by atoms with Crippen LogP contribution in [-0.2, 0) is 25.6 Å². The lowest BCUT2D eigenvalue weighted by atomic mass is 10.2. The third-order valence-corrected chi connectivity index (χ3v) is 3.67. The van der Waals surface area contributed by atoms with Crippen LogP contribution in [0.25, 0.3) is 0 Å². The zero-order chi connectivity index (χ0) is 14.5. The molecule has 0 bridgehead atoms. The number of carbonyl (C=O) groups excluding carboxylic acids is 2. The van der Waals surface area contributed by atoms with Crippen molar-refractivity contribution in [3.8, 4) is 0 Å². The fourth-order valence-electron chi connectivity index (χ4n) is 2.66. The van der Waals surface area contributed by atoms with E-state index in [-0.39, 0.29) is 24.0 Å². The molecule has 1 fully saturated rings. The summed E-state index contributed by atoms with van der Waals surface area (Å²) in [6.07, 6.45) is 1.22. The fraction of sp³-hybridized carbons (Fsp3) is 0.467. The Morgan fingerprint density at radius 2 is 1.55 bits per heavy atom. The van der Waals surface area contributed by atoms with Crippen molar-refractivity contribution in [2.45, 2.75) is 31.5 Å². The van der Waals surface area contributed by atoms with Crippen molar-refractivity contribution in [3.05, 3.63) is 35.9 Å². The summed E-state index contributed by atoms with van der Waals surface area (Å²) in [6.45, 7) is 0.528. The van der Waals surface area contributed by atoms with Gasteiger partial charge >= 0.3 is 11.9 Å². The SMILES string of the molecule is COC(=O)[C@H]1CC[C@H](C(=O)OC)N1Cc1ccccc1. The molecule has 2 atom stereocenters. The van der Waals surface area contributed by atoms with E-state index in [2.05, 4.69) is 0 Å². The molecule has 0 N–H and O–H groups in total. The average molecular weight is 277 g/mol. The summed E-state index contributed by atoms with van der Waals surface area (Å²) in [5.41, 5.74) is 1.05. The second-order valence-corrected chi connectivity index (χ2v) is 4.81. The molecule has 20 heavy (non-hydrogen) atoms. The molecule has 5 nitrogen and oxygen atoms in total. The van der Waals surface area contributed by atoms with Gasteiger partial charge in [-0.3, -0.25) is 14.5 Å². The lowest BCUT2D eigenvalue weighted by Crippen LogP contribution is -2.44. The highest BCUT2D eigenvalue weighted by atomic mass is 16.5. The lowest BCUT2D eigenvalue weighted by Gasteiger charge is -2.27. The standard InChI is InChI=1S/C15H19NO4/c1-19-14(17)12-8-9-13(15(18)20-2)16(12)10-11-6-4-3-5-7-11/h3-7,12-13H,8-10H2,1-2H3/t12-,13-/m1/s1. The van der Waals surface area contributed by atoms with Crippen molar-refractivity contribution in [1.29, 1.82) is 0 Å². The van der Waals surface area contributed by atoms with Crippen LogP contribution in [0.4, 0.5) is 0 Å². The summed E-state index contributed by atoms with van der Waals surface area (Å²) in [6, 6.07) is 8.98. The molecule has 1 aliphatic rings. The summed E-state index contributed by atoms with van der Waals surface area (Å²) >= 11 is 0. The largest absolute Gasteiger partial charge is 0.468 e. The molecular formula is C15H19NO4. The number of likely N-dealkylation sites (tertiary alicyclic amines) is 1. The van der Waals surface area contributed by atoms with Gasteiger partial charge in [0.25, 0.3) is 0 Å². The number of hydrogen-bond acceptors (Lipinski definition) is 5. The molecule has 1 heterocycles. The van der Waals surface area contributed by atoms with Crippen molar-refractivity contribution in [3.63, 3.8) is 0 Å². The second kappa shape index (κ2) is 6.52. The van der Waals surface area contributed by atoms with Crippen LogP contribution < -0.4 is 0 Å². The topological polar surface area (TPSA) is 55.8 Å². The number of carbonyl (C=O) groups is 2. The van der Waals surface area contributed by atoms with Gasteiger partial charge in [0.15, 0.2) is 0 Å². The molecule has 108 valence electrons. The predicted octanol–water partition coefficient (Wildman–Crippen LogP) is 1.37. The average Bonchev–Trinajstić information content (AvgIpc) is 2.90. The monoisotopic (exact) mass is 277 g/mol. The number of esters is 2. The number of hydrogen-bond donors (Lipinski definition) is 0. The molecule has 0 aliphatic carbocycles. The first-order valence-electron chi connectivity index (χ1n) is 6.62. The van der Waals surface area contributed by atoms with Gasteiger partial charge in [-0.25, -0.2) is 0 Å². The van der Waals surface area contributed by atoms with Crippen LogP contribution in [0.1, 0.15) is 18.4 Å². The maximum absolute atomic E-state index is 11.9. The predicted molar refractivity (Wildman–Crippen MR) is 72.8 cm³/mol. The Balaban J connectivity index is 2.20. The molecule has 1 saturated heterocycles. The third kappa shape index (κ3) is 2.99. The quantitative estimate of drug-likeness (QED) is 0.778. The van der Waals surface area contributed by atoms with Gasteiger partial charge in [0.05, 0.1) is 14.2 Å². The number of nitrogens with zero attached hydrogens (tertiary/aromatic N) is 1. The van der Waals surface area contributed by atoms with E-state index in [0.29, 0.717) is 19.4 Å². The highest BCUT2D eigenvalue weighted by Gasteiger charge is 2.42. The maximum atomic E-state index is 11.9. The van der Waals surface area contributed by atoms with Crippen LogP contribution in [-0.4, -0.2) is 43.1 Å². The zero-order valence-corrected chi connectivity index (χ0v) is 11.7. The Kier molecular flexibility index (Phi) is 4.74. The first-order chi connectivity index (χ1) is 9.67. The highest BCUT2D eigenvalue weighted by molar-refractivity contribution is 5.81. The second-order valence-electron chi connectivity index (χ2n) is 4.81. The minimum absolute atomic E-state index is 0.299. The van der Waals surface area contributed by atoms with E-state index < -0.39 is 0 Å². The minimum atomic E-state index is -0.385. The van der Waals surface area contributed by atoms with Crippen LogP contribution >= 0.6 is 0 Å². The summed E-state index contributed by atoms with van der Waals surface area (Å²) in [4.78, 5) is 25.6. The van der Waals surface area contributed by atoms with Crippen molar-refractivity contribution in [2.75, 3.05) is 14.2 Å². The molecular weight excluding hydrogens is 258 g/mol. The number of methoxy groups -OCH3 is 2. The first-order valence-corrected chi connectivity index (χ1v) is 6.62. The van der Waals surface area contributed by atoms with E-state index in [1.807, 2.05) is 35.2 Å². The summed E-state index contributed by atoms with van der Waals surface area (Å²) in [7, 11) is 2.74. The molecule has 1 aromatic carbocycles. The van der Waals surface area contributed by atoms with E-state index >= 15 is 0 Å². The molecule has 0 aromatic heterocycles. The lowest BCUT2D eigenvalue weighted by molar-refractivity contribution is -0.151. The summed E-state index contributed by atoms with van der Waals surface area (Å²) < 4.78 is 9.66. The molecule has 1 aliphatic heterocycles. The van der Waals surface area contributed by atoms with Gasteiger partial charge < -0.3 is 9.47 Å². The third-order valence-electron chi connectivity index (χ3n) is 3.67. The van der Waals surface area contributed by atoms with E-state index in [9.17, 15) is 9.59 Å². The van der Waals surface area contributed by atoms with Crippen LogP contribution in [0.2, 0.25) is 0 Å². The fourth-order valence-corrected chi connectivity index (χ4v) is 2.66. The summed E-state index contributed by atoms with van der Waals surface area (Å²) in [5.74, 6) is -0.598. The minimum Gasteiger partial charge on any atom is -0.468 e. The molecule has 0 spiro atoms. The molecule has 5 heteroatoms. The molecule has 1 aromatic rings. The Hall–Kier alpha value is -1.88. The zero-order valence-electron chi connectivity index (χ0n) is 11.7. The van der Waals surface area contributed by atoms with Crippen LogP contribution in [0.3, 0.4) is 0 Å². The van der Waals surface area contributed by atoms with Gasteiger partial charge in [0.1, 0.15) is 12.1 Å². The van der Waals surface area contributed by atoms with Crippen molar-refractivity contribution >= 4 is 11.9 Å². The van der Waals surface area contributed by atoms with Gasteiger partial charge in [-0.1, -0.05) is 30.3 Å². The van der Waals surface area contributed by atoms with Crippen LogP contribution in [0.5, 0.6) is 0 Å². The number of benzene rings is 1. The van der Waals surface area contributed by atoms with E-state index in [0.717, 1.165) is 5.56 Å². The van der Waals surface area contributed by atoms with Crippen molar-refractivity contribution in [2.24, 2.45) is 0 Å². The first kappa shape index (κ1) is 14.5. The number of rotatable bonds is 4. The van der Waals surface area contributed by atoms with Gasteiger partial charge in [0.2, 0.25) is 0 Å². The van der Waals surface area contributed by atoms with Crippen LogP contribution in [0, 0.1) is 0 Å². The Bertz CT molecular complexity index is 450. The highest BCUT2D eigenvalue weighted by Crippen LogP contribution is 2.28. The summed E-state index contributed by atoms with van der Waals surface area (Å²) in [5, 5.41) is 0. The molecule has 2 rings (SSSR count). The Labute approximate surface area is 118 Å². The van der Waals surface area contributed by atoms with Gasteiger partial charge in [-0.2, -0.15) is 0 Å². The van der Waals surface area contributed by atoms with Crippen LogP contribution in [0.15, 0.2) is 30.3 Å². The van der Waals surface area contributed by atoms with Gasteiger partial charge in [-0.05, 0) is 18.4 Å². The van der Waals surface area contributed by atoms with Gasteiger partial charge in [-0.15, -0.1) is 0 Å². The molecule has 0 unspecified atom stereocenters. The molecule has 0 radical (unpaired) electrons. The normalized spacial score (nSPS) is 22.5. The smallest absolute Gasteiger partial charge is 0.323 e. The van der Waals surface area contributed by atoms with E-state index in [1.54, 1.807) is 0 Å². The Morgan fingerprint density at radius 3 is 2.00 bits per heavy atom. The molecule has 0 saturated carbocycles. The van der Waals surface area contributed by atoms with Crippen molar-refractivity contribution in [1.82, 2.24) is 4.90 Å². The Morgan fingerprint density at radius 1 is 1.05 bits per heavy atom. The van der Waals surface area contributed by atoms with E-state index in [4.69, 9.17) is 9.47 Å². The molecule has 0 amide bonds. The maximum Gasteiger partial charge on any atom is 0.323 e. The van der Waals surface area contributed by atoms with Crippen molar-refractivity contribution < 1.29 is 19.1 Å². The van der Waals surface area contributed by atoms with Gasteiger partial charge in [0, 0.05) is 6.54 Å². The number of ether oxygens (including phenoxy) is 2. The van der Waals surface area contributed by atoms with E-state index in [1.165, 1.54) is 14.2 Å².